The number of nitrogens with zero attached hydrogens (tertiary/aromatic N) is 3. The van der Waals surface area contributed by atoms with Crippen LogP contribution in [0.1, 0.15) is 12.8 Å². The minimum absolute atomic E-state index is 0.122. The van der Waals surface area contributed by atoms with Crippen LogP contribution in [0, 0.1) is 5.92 Å². The molecule has 1 atom stereocenters. The van der Waals surface area contributed by atoms with Gasteiger partial charge >= 0.3 is 0 Å². The number of nitrogens with one attached hydrogen (secondary N) is 1. The Morgan fingerprint density at radius 2 is 2.28 bits per heavy atom. The van der Waals surface area contributed by atoms with Gasteiger partial charge in [0, 0.05) is 18.5 Å². The van der Waals surface area contributed by atoms with Crippen molar-refractivity contribution in [2.75, 3.05) is 18.9 Å². The number of thiazole rings is 1. The van der Waals surface area contributed by atoms with Gasteiger partial charge in [-0.25, -0.2) is 9.97 Å². The number of hydrogen-bond acceptors (Lipinski definition) is 7. The molecule has 1 aliphatic rings. The molecule has 4 rings (SSSR count). The van der Waals surface area contributed by atoms with Gasteiger partial charge in [0.05, 0.1) is 40.4 Å². The van der Waals surface area contributed by atoms with Crippen molar-refractivity contribution in [1.29, 1.82) is 0 Å². The molecule has 0 aliphatic carbocycles. The van der Waals surface area contributed by atoms with Crippen molar-refractivity contribution in [1.82, 2.24) is 20.3 Å². The highest BCUT2D eigenvalue weighted by molar-refractivity contribution is 7.17. The summed E-state index contributed by atoms with van der Waals surface area (Å²) in [5, 5.41) is 2.85. The molecule has 1 aromatic carbocycles. The summed E-state index contributed by atoms with van der Waals surface area (Å²) in [6.45, 7) is 1.29. The van der Waals surface area contributed by atoms with Gasteiger partial charge in [0.15, 0.2) is 0 Å². The third kappa shape index (κ3) is 3.39. The molecule has 1 saturated heterocycles. The number of nitrogen functional groups attached to an aromatic ring is 1. The summed E-state index contributed by atoms with van der Waals surface area (Å²) in [4.78, 5) is 24.1. The number of carbonyl (C=O) groups excluding carboxylic acids is 1. The van der Waals surface area contributed by atoms with Crippen LogP contribution in [0.3, 0.4) is 0 Å². The number of benzene rings is 1. The first kappa shape index (κ1) is 15.8. The van der Waals surface area contributed by atoms with E-state index in [1.807, 2.05) is 12.1 Å². The summed E-state index contributed by atoms with van der Waals surface area (Å²) < 4.78 is 7.02. The summed E-state index contributed by atoms with van der Waals surface area (Å²) in [6.07, 6.45) is 4.60. The maximum absolute atomic E-state index is 11.3. The predicted molar refractivity (Wildman–Crippen MR) is 96.3 cm³/mol. The zero-order valence-corrected chi connectivity index (χ0v) is 14.3. The topological polar surface area (TPSA) is 103 Å². The Morgan fingerprint density at radius 3 is 3.08 bits per heavy atom. The molecular weight excluding hydrogens is 338 g/mol. The fraction of sp³-hybridized carbons (Fsp3) is 0.294. The summed E-state index contributed by atoms with van der Waals surface area (Å²) in [5.74, 6) is 1.61. The molecule has 25 heavy (non-hydrogen) atoms. The van der Waals surface area contributed by atoms with Gasteiger partial charge in [-0.1, -0.05) is 0 Å². The average Bonchev–Trinajstić information content (AvgIpc) is 3.23. The van der Waals surface area contributed by atoms with Crippen molar-refractivity contribution < 1.29 is 9.53 Å². The highest BCUT2D eigenvalue weighted by Gasteiger charge is 2.21. The van der Waals surface area contributed by atoms with Crippen LogP contribution in [0.2, 0.25) is 0 Å². The zero-order chi connectivity index (χ0) is 17.2. The van der Waals surface area contributed by atoms with E-state index in [9.17, 15) is 4.79 Å². The average molecular weight is 355 g/mol. The molecule has 1 fully saturated rings. The predicted octanol–water partition coefficient (Wildman–Crippen LogP) is 2.24. The Kier molecular flexibility index (Phi) is 4.19. The first-order chi connectivity index (χ1) is 12.2. The zero-order valence-electron chi connectivity index (χ0n) is 13.4. The second kappa shape index (κ2) is 6.64. The molecule has 0 radical (unpaired) electrons. The number of aromatic nitrogens is 3. The Hall–Kier alpha value is -2.74. The van der Waals surface area contributed by atoms with Gasteiger partial charge < -0.3 is 15.8 Å². The van der Waals surface area contributed by atoms with E-state index in [0.717, 1.165) is 34.5 Å². The molecule has 1 aliphatic heterocycles. The maximum Gasteiger partial charge on any atom is 0.220 e. The van der Waals surface area contributed by atoms with E-state index >= 15 is 0 Å². The fourth-order valence-electron chi connectivity index (χ4n) is 2.92. The van der Waals surface area contributed by atoms with Gasteiger partial charge in [0.2, 0.25) is 5.91 Å². The van der Waals surface area contributed by atoms with Gasteiger partial charge in [-0.3, -0.25) is 9.78 Å². The minimum atomic E-state index is 0.122. The van der Waals surface area contributed by atoms with Crippen LogP contribution in [0.25, 0.3) is 21.5 Å². The molecule has 2 aromatic heterocycles. The number of fused-ring (bicyclic) bond motifs is 1. The van der Waals surface area contributed by atoms with Crippen LogP contribution >= 0.6 is 11.3 Å². The second-order valence-electron chi connectivity index (χ2n) is 6.02. The van der Waals surface area contributed by atoms with Gasteiger partial charge in [0.25, 0.3) is 0 Å². The van der Waals surface area contributed by atoms with Crippen LogP contribution in [-0.2, 0) is 4.79 Å². The highest BCUT2D eigenvalue weighted by Crippen LogP contribution is 2.34. The lowest BCUT2D eigenvalue weighted by Crippen LogP contribution is -2.14. The lowest BCUT2D eigenvalue weighted by atomic mass is 10.1. The first-order valence-corrected chi connectivity index (χ1v) is 8.91. The number of hydrogen-bond donors (Lipinski definition) is 2. The molecule has 0 bridgehead atoms. The van der Waals surface area contributed by atoms with Gasteiger partial charge in [-0.15, -0.1) is 11.3 Å². The third-order valence-corrected chi connectivity index (χ3v) is 5.05. The van der Waals surface area contributed by atoms with E-state index in [0.29, 0.717) is 30.5 Å². The molecule has 7 nitrogen and oxygen atoms in total. The molecule has 1 amide bonds. The van der Waals surface area contributed by atoms with E-state index < -0.39 is 0 Å². The molecule has 0 spiro atoms. The number of anilines is 1. The Bertz CT molecular complexity index is 926. The van der Waals surface area contributed by atoms with Crippen molar-refractivity contribution in [3.05, 3.63) is 30.0 Å². The molecule has 3 aromatic rings. The van der Waals surface area contributed by atoms with E-state index in [2.05, 4.69) is 20.3 Å². The van der Waals surface area contributed by atoms with Crippen LogP contribution in [-0.4, -0.2) is 34.0 Å². The fourth-order valence-corrected chi connectivity index (χ4v) is 3.66. The number of rotatable bonds is 5. The molecule has 0 saturated carbocycles. The molecule has 128 valence electrons. The van der Waals surface area contributed by atoms with E-state index in [1.165, 1.54) is 6.20 Å². The highest BCUT2D eigenvalue weighted by atomic mass is 32.1. The van der Waals surface area contributed by atoms with Gasteiger partial charge in [-0.2, -0.15) is 0 Å². The molecule has 0 unspecified atom stereocenters. The Morgan fingerprint density at radius 1 is 1.36 bits per heavy atom. The quantitative estimate of drug-likeness (QED) is 0.727. The second-order valence-corrected chi connectivity index (χ2v) is 6.87. The van der Waals surface area contributed by atoms with Crippen molar-refractivity contribution in [2.24, 2.45) is 5.92 Å². The van der Waals surface area contributed by atoms with Crippen molar-refractivity contribution in [3.63, 3.8) is 0 Å². The van der Waals surface area contributed by atoms with Crippen LogP contribution in [0.15, 0.2) is 30.0 Å². The number of ether oxygens (including phenoxy) is 1. The van der Waals surface area contributed by atoms with E-state index in [4.69, 9.17) is 10.5 Å². The smallest absolute Gasteiger partial charge is 0.220 e. The van der Waals surface area contributed by atoms with Crippen LogP contribution in [0.5, 0.6) is 5.75 Å². The van der Waals surface area contributed by atoms with Gasteiger partial charge in [-0.05, 0) is 24.5 Å². The largest absolute Gasteiger partial charge is 0.492 e. The lowest BCUT2D eigenvalue weighted by Gasteiger charge is -2.11. The molecule has 3 N–H and O–H groups in total. The SMILES string of the molecule is Nc1cncc(-c2cc(OCC[C@H]3CNC(=O)C3)c3scnc3c2)n1. The third-order valence-electron chi connectivity index (χ3n) is 4.19. The van der Waals surface area contributed by atoms with E-state index in [-0.39, 0.29) is 5.91 Å². The van der Waals surface area contributed by atoms with E-state index in [1.54, 1.807) is 23.0 Å². The maximum atomic E-state index is 11.3. The standard InChI is InChI=1S/C17H17N5O2S/c18-15-8-19-7-13(22-15)11-4-12-17(25-9-21-12)14(5-11)24-2-1-10-3-16(23)20-6-10/h4-5,7-10H,1-3,6H2,(H2,18,22)(H,20,23)/t10-/m1/s1. The first-order valence-electron chi connectivity index (χ1n) is 8.03. The summed E-state index contributed by atoms with van der Waals surface area (Å²) in [6, 6.07) is 3.91. The Labute approximate surface area is 148 Å². The summed E-state index contributed by atoms with van der Waals surface area (Å²) in [5.41, 5.74) is 9.95. The summed E-state index contributed by atoms with van der Waals surface area (Å²) >= 11 is 1.54. The number of nitrogens with two attached hydrogens (primary N) is 1. The van der Waals surface area contributed by atoms with Crippen molar-refractivity contribution in [3.8, 4) is 17.0 Å². The lowest BCUT2D eigenvalue weighted by molar-refractivity contribution is -0.119. The number of amides is 1. The van der Waals surface area contributed by atoms with Crippen molar-refractivity contribution >= 4 is 33.3 Å². The molecule has 8 heteroatoms. The van der Waals surface area contributed by atoms with Crippen LogP contribution in [0.4, 0.5) is 5.82 Å². The normalized spacial score (nSPS) is 17.0. The van der Waals surface area contributed by atoms with Crippen molar-refractivity contribution in [2.45, 2.75) is 12.8 Å². The van der Waals surface area contributed by atoms with Crippen LogP contribution < -0.4 is 15.8 Å². The summed E-state index contributed by atoms with van der Waals surface area (Å²) in [7, 11) is 0. The molecular formula is C17H17N5O2S. The monoisotopic (exact) mass is 355 g/mol. The number of carbonyl (C=O) groups is 1. The minimum Gasteiger partial charge on any atom is -0.492 e. The Balaban J connectivity index is 1.57. The molecule has 3 heterocycles. The van der Waals surface area contributed by atoms with Gasteiger partial charge in [0.1, 0.15) is 11.6 Å².